The molecule has 0 saturated heterocycles. The molecule has 3 aromatic rings. The molecule has 0 fully saturated rings. The van der Waals surface area contributed by atoms with Gasteiger partial charge in [0, 0.05) is 11.1 Å². The maximum Gasteiger partial charge on any atom is 0.128 e. The summed E-state index contributed by atoms with van der Waals surface area (Å²) in [5, 5.41) is 0. The van der Waals surface area contributed by atoms with Crippen LogP contribution < -0.4 is 10.3 Å². The minimum Gasteiger partial charge on any atom is -0.488 e. The van der Waals surface area contributed by atoms with E-state index in [1.807, 2.05) is 13.1 Å². The Kier molecular flexibility index (Phi) is 3.45. The summed E-state index contributed by atoms with van der Waals surface area (Å²) in [5.41, 5.74) is 12.3. The van der Waals surface area contributed by atoms with Gasteiger partial charge in [0.25, 0.3) is 0 Å². The highest BCUT2D eigenvalue weighted by atomic mass is 31.0. The normalized spacial score (nSPS) is 17.3. The number of aromatic nitrogens is 4. The summed E-state index contributed by atoms with van der Waals surface area (Å²) in [4.78, 5) is 15.7. The second-order valence-electron chi connectivity index (χ2n) is 7.79. The second-order valence-corrected chi connectivity index (χ2v) is 8.34. The van der Waals surface area contributed by atoms with E-state index in [0.29, 0.717) is 6.61 Å². The highest BCUT2D eigenvalue weighted by Crippen LogP contribution is 2.45. The smallest absolute Gasteiger partial charge is 0.128 e. The van der Waals surface area contributed by atoms with E-state index in [4.69, 9.17) is 4.74 Å². The average molecular weight is 388 g/mol. The van der Waals surface area contributed by atoms with Crippen LogP contribution in [0, 0.1) is 6.92 Å². The number of fused-ring (bicyclic) bond motifs is 5. The number of imidazole rings is 2. The van der Waals surface area contributed by atoms with Crippen molar-refractivity contribution in [2.24, 2.45) is 0 Å². The summed E-state index contributed by atoms with van der Waals surface area (Å²) in [7, 11) is 2.67. The van der Waals surface area contributed by atoms with Gasteiger partial charge in [0.1, 0.15) is 23.7 Å². The molecule has 2 aliphatic carbocycles. The summed E-state index contributed by atoms with van der Waals surface area (Å²) in [5.74, 6) is 1.96. The number of aryl methyl sites for hydroxylation is 3. The number of allylic oxidation sites excluding steroid dienone is 2. The minimum atomic E-state index is 0.627. The van der Waals surface area contributed by atoms with Gasteiger partial charge in [0.15, 0.2) is 0 Å². The van der Waals surface area contributed by atoms with Crippen LogP contribution in [-0.4, -0.2) is 26.5 Å². The van der Waals surface area contributed by atoms with E-state index in [-0.39, 0.29) is 0 Å². The van der Waals surface area contributed by atoms with Crippen LogP contribution >= 0.6 is 9.24 Å². The van der Waals surface area contributed by atoms with E-state index in [0.717, 1.165) is 59.9 Å². The van der Waals surface area contributed by atoms with Gasteiger partial charge in [0.2, 0.25) is 0 Å². The Hall–Kier alpha value is -2.65. The van der Waals surface area contributed by atoms with Crippen molar-refractivity contribution in [3.05, 3.63) is 58.3 Å². The van der Waals surface area contributed by atoms with Gasteiger partial charge in [-0.15, -0.1) is 0 Å². The van der Waals surface area contributed by atoms with Gasteiger partial charge in [-0.2, -0.15) is 0 Å². The van der Waals surface area contributed by atoms with Crippen molar-refractivity contribution in [1.82, 2.24) is 19.9 Å². The Morgan fingerprint density at radius 2 is 2.00 bits per heavy atom. The minimum absolute atomic E-state index is 0.627. The highest BCUT2D eigenvalue weighted by molar-refractivity contribution is 7.26. The molecule has 0 radical (unpaired) electrons. The lowest BCUT2D eigenvalue weighted by molar-refractivity contribution is 0.348. The van der Waals surface area contributed by atoms with Crippen LogP contribution in [0.5, 0.6) is 5.75 Å². The number of nitrogens with zero attached hydrogens (tertiary/aromatic N) is 2. The third-order valence-electron chi connectivity index (χ3n) is 6.04. The van der Waals surface area contributed by atoms with Crippen LogP contribution in [0.4, 0.5) is 0 Å². The molecule has 1 aliphatic heterocycles. The molecule has 5 nitrogen and oxygen atoms in total. The van der Waals surface area contributed by atoms with Crippen LogP contribution in [0.2, 0.25) is 0 Å². The van der Waals surface area contributed by atoms with Gasteiger partial charge in [-0.3, -0.25) is 0 Å². The van der Waals surface area contributed by atoms with Crippen molar-refractivity contribution in [1.29, 1.82) is 0 Å². The zero-order valence-corrected chi connectivity index (χ0v) is 16.9. The summed E-state index contributed by atoms with van der Waals surface area (Å²) in [6.07, 6.45) is 8.31. The molecule has 3 heterocycles. The largest absolute Gasteiger partial charge is 0.488 e. The first kappa shape index (κ1) is 16.3. The van der Waals surface area contributed by atoms with E-state index < -0.39 is 0 Å². The first-order valence-corrected chi connectivity index (χ1v) is 10.3. The molecule has 2 aromatic heterocycles. The van der Waals surface area contributed by atoms with Crippen LogP contribution in [0.3, 0.4) is 0 Å². The molecule has 3 aliphatic rings. The van der Waals surface area contributed by atoms with Gasteiger partial charge >= 0.3 is 0 Å². The fourth-order valence-corrected chi connectivity index (χ4v) is 4.98. The summed E-state index contributed by atoms with van der Waals surface area (Å²) in [6.45, 7) is 2.62. The number of hydrogen-bond acceptors (Lipinski definition) is 3. The number of ether oxygens (including phenoxy) is 1. The van der Waals surface area contributed by atoms with Gasteiger partial charge in [-0.05, 0) is 73.1 Å². The standard InChI is InChI=1S/C22H21N4OP/c1-11-23-9-19(24-11)13-2-4-15-14(6-13)10-27-20-8-16-12(7-17(15)20)3-5-18-21(16)26-22(28)25-18/h6-9H,2-5,10,28H2,1H3,(H,23,24)(H,25,26). The Morgan fingerprint density at radius 3 is 2.86 bits per heavy atom. The number of hydrogen-bond donors (Lipinski definition) is 2. The monoisotopic (exact) mass is 388 g/mol. The maximum absolute atomic E-state index is 6.20. The topological polar surface area (TPSA) is 66.6 Å². The van der Waals surface area contributed by atoms with E-state index in [1.165, 1.54) is 33.4 Å². The van der Waals surface area contributed by atoms with Gasteiger partial charge in [-0.1, -0.05) is 9.24 Å². The van der Waals surface area contributed by atoms with E-state index in [1.54, 1.807) is 0 Å². The first-order chi connectivity index (χ1) is 13.7. The third-order valence-corrected chi connectivity index (χ3v) is 6.31. The van der Waals surface area contributed by atoms with Crippen molar-refractivity contribution in [2.45, 2.75) is 32.6 Å². The SMILES string of the molecule is Cc1ncc(C2=CC3=C(CC2)c2cc4c(cc2OC3)-c2[nH]c(P)nc2CC4)[nH]1. The Labute approximate surface area is 165 Å². The van der Waals surface area contributed by atoms with Crippen molar-refractivity contribution >= 4 is 26.0 Å². The lowest BCUT2D eigenvalue weighted by atomic mass is 9.82. The molecule has 140 valence electrons. The summed E-state index contributed by atoms with van der Waals surface area (Å²) in [6, 6.07) is 4.57. The first-order valence-electron chi connectivity index (χ1n) is 9.75. The van der Waals surface area contributed by atoms with Crippen molar-refractivity contribution in [3.8, 4) is 17.0 Å². The maximum atomic E-state index is 6.20. The molecule has 2 N–H and O–H groups in total. The molecule has 6 heteroatoms. The molecular weight excluding hydrogens is 367 g/mol. The quantitative estimate of drug-likeness (QED) is 0.625. The molecule has 6 rings (SSSR count). The number of nitrogens with one attached hydrogen (secondary N) is 2. The van der Waals surface area contributed by atoms with Crippen LogP contribution in [0.1, 0.15) is 41.2 Å². The fraction of sp³-hybridized carbons (Fsp3) is 0.273. The zero-order chi connectivity index (χ0) is 18.8. The summed E-state index contributed by atoms with van der Waals surface area (Å²) < 4.78 is 6.20. The summed E-state index contributed by atoms with van der Waals surface area (Å²) >= 11 is 0. The second kappa shape index (κ2) is 5.92. The van der Waals surface area contributed by atoms with Gasteiger partial charge in [-0.25, -0.2) is 9.97 Å². The Bertz CT molecular complexity index is 1200. The zero-order valence-electron chi connectivity index (χ0n) is 15.7. The molecular formula is C22H21N4OP. The van der Waals surface area contributed by atoms with Crippen LogP contribution in [0.15, 0.2) is 30.0 Å². The lowest BCUT2D eigenvalue weighted by Gasteiger charge is -2.29. The number of rotatable bonds is 1. The predicted octanol–water partition coefficient (Wildman–Crippen LogP) is 3.73. The van der Waals surface area contributed by atoms with E-state index in [2.05, 4.69) is 47.4 Å². The Balaban J connectivity index is 1.45. The van der Waals surface area contributed by atoms with Gasteiger partial charge in [0.05, 0.1) is 23.3 Å². The molecule has 0 spiro atoms. The van der Waals surface area contributed by atoms with Crippen molar-refractivity contribution < 1.29 is 4.74 Å². The van der Waals surface area contributed by atoms with Crippen LogP contribution in [0.25, 0.3) is 22.4 Å². The van der Waals surface area contributed by atoms with Crippen molar-refractivity contribution in [2.75, 3.05) is 6.61 Å². The van der Waals surface area contributed by atoms with Crippen LogP contribution in [-0.2, 0) is 12.8 Å². The van der Waals surface area contributed by atoms with Gasteiger partial charge < -0.3 is 14.7 Å². The predicted molar refractivity (Wildman–Crippen MR) is 114 cm³/mol. The molecule has 0 amide bonds. The highest BCUT2D eigenvalue weighted by Gasteiger charge is 2.27. The number of benzene rings is 1. The molecule has 0 bridgehead atoms. The fourth-order valence-electron chi connectivity index (χ4n) is 4.68. The Morgan fingerprint density at radius 1 is 1.07 bits per heavy atom. The third kappa shape index (κ3) is 2.43. The molecule has 1 unspecified atom stereocenters. The number of aromatic amines is 2. The molecule has 0 saturated carbocycles. The van der Waals surface area contributed by atoms with Crippen molar-refractivity contribution in [3.63, 3.8) is 0 Å². The lowest BCUT2D eigenvalue weighted by Crippen LogP contribution is -2.15. The van der Waals surface area contributed by atoms with E-state index in [9.17, 15) is 0 Å². The molecule has 28 heavy (non-hydrogen) atoms. The average Bonchev–Trinajstić information content (AvgIpc) is 3.31. The number of H-pyrrole nitrogens is 2. The molecule has 1 atom stereocenters. The van der Waals surface area contributed by atoms with E-state index >= 15 is 0 Å². The molecule has 1 aromatic carbocycles.